The first kappa shape index (κ1) is 21.1. The first-order valence-electron chi connectivity index (χ1n) is 11.5. The van der Waals surface area contributed by atoms with E-state index < -0.39 is 0 Å². The van der Waals surface area contributed by atoms with E-state index in [1.54, 1.807) is 18.6 Å². The summed E-state index contributed by atoms with van der Waals surface area (Å²) in [6.45, 7) is 4.07. The van der Waals surface area contributed by atoms with Gasteiger partial charge < -0.3 is 15.1 Å². The maximum Gasteiger partial charge on any atom is 0.227 e. The van der Waals surface area contributed by atoms with Gasteiger partial charge >= 0.3 is 0 Å². The average molecular weight is 465 g/mol. The van der Waals surface area contributed by atoms with Gasteiger partial charge in [-0.15, -0.1) is 0 Å². The van der Waals surface area contributed by atoms with Crippen molar-refractivity contribution in [1.29, 1.82) is 0 Å². The van der Waals surface area contributed by atoms with E-state index in [0.717, 1.165) is 65.8 Å². The molecule has 0 unspecified atom stereocenters. The number of imidazole rings is 1. The summed E-state index contributed by atoms with van der Waals surface area (Å²) in [5.74, 6) is 1.49. The molecule has 5 aromatic rings. The van der Waals surface area contributed by atoms with Gasteiger partial charge in [-0.1, -0.05) is 0 Å². The molecular weight excluding hydrogens is 440 g/mol. The molecule has 1 saturated heterocycles. The fraction of sp³-hybridized carbons (Fsp3) is 0.200. The van der Waals surface area contributed by atoms with Crippen LogP contribution in [0.1, 0.15) is 0 Å². The summed E-state index contributed by atoms with van der Waals surface area (Å²) in [7, 11) is 2.15. The Morgan fingerprint density at radius 2 is 1.66 bits per heavy atom. The Morgan fingerprint density at radius 1 is 0.800 bits per heavy atom. The van der Waals surface area contributed by atoms with Crippen molar-refractivity contribution in [1.82, 2.24) is 39.2 Å². The molecule has 5 aromatic heterocycles. The minimum absolute atomic E-state index is 0.499. The normalized spacial score (nSPS) is 14.4. The van der Waals surface area contributed by atoms with Gasteiger partial charge in [-0.05, 0) is 37.4 Å². The molecule has 0 aromatic carbocycles. The highest BCUT2D eigenvalue weighted by Crippen LogP contribution is 2.25. The highest BCUT2D eigenvalue weighted by Gasteiger charge is 2.15. The molecule has 0 bridgehead atoms. The minimum Gasteiger partial charge on any atom is -0.354 e. The molecule has 0 aliphatic carbocycles. The molecule has 0 amide bonds. The number of rotatable bonds is 5. The zero-order valence-corrected chi connectivity index (χ0v) is 19.3. The minimum atomic E-state index is 0.499. The van der Waals surface area contributed by atoms with Crippen LogP contribution in [0.15, 0.2) is 73.8 Å². The monoisotopic (exact) mass is 464 g/mol. The topological polar surface area (TPSA) is 100 Å². The van der Waals surface area contributed by atoms with Crippen molar-refractivity contribution < 1.29 is 0 Å². The van der Waals surface area contributed by atoms with Crippen molar-refractivity contribution in [2.75, 3.05) is 43.4 Å². The van der Waals surface area contributed by atoms with E-state index in [1.807, 2.05) is 53.3 Å². The zero-order chi connectivity index (χ0) is 23.6. The number of hydrogen-bond donors (Lipinski definition) is 1. The number of aromatic nitrogens is 7. The van der Waals surface area contributed by atoms with Gasteiger partial charge in [-0.25, -0.2) is 29.9 Å². The molecule has 10 nitrogen and oxygen atoms in total. The number of pyridine rings is 2. The number of nitrogens with one attached hydrogen (secondary N) is 1. The standard InChI is InChI=1S/C25H24N10/c1-33-8-10-34(11-9-33)23-5-3-20(14-29-23)31-25-28-7-6-21(32-25)22-15-30-24-4-2-18(16-35(22)24)19-12-26-17-27-13-19/h2-7,12-17H,8-11H2,1H3,(H,28,31,32). The molecule has 10 heteroatoms. The lowest BCUT2D eigenvalue weighted by molar-refractivity contribution is 0.312. The van der Waals surface area contributed by atoms with E-state index in [9.17, 15) is 0 Å². The predicted octanol–water partition coefficient (Wildman–Crippen LogP) is 3.14. The first-order valence-corrected chi connectivity index (χ1v) is 11.5. The van der Waals surface area contributed by atoms with E-state index in [4.69, 9.17) is 4.98 Å². The predicted molar refractivity (Wildman–Crippen MR) is 134 cm³/mol. The summed E-state index contributed by atoms with van der Waals surface area (Å²) in [6.07, 6.45) is 12.5. The van der Waals surface area contributed by atoms with Gasteiger partial charge in [0.25, 0.3) is 0 Å². The molecule has 35 heavy (non-hydrogen) atoms. The Bertz CT molecular complexity index is 1440. The second kappa shape index (κ2) is 9.07. The van der Waals surface area contributed by atoms with Crippen LogP contribution in [-0.2, 0) is 0 Å². The van der Waals surface area contributed by atoms with Gasteiger partial charge in [0.2, 0.25) is 5.95 Å². The molecule has 0 saturated carbocycles. The van der Waals surface area contributed by atoms with Crippen molar-refractivity contribution in [3.05, 3.63) is 73.8 Å². The Morgan fingerprint density at radius 3 is 2.46 bits per heavy atom. The summed E-state index contributed by atoms with van der Waals surface area (Å²) in [4.78, 5) is 31.2. The fourth-order valence-electron chi connectivity index (χ4n) is 4.16. The van der Waals surface area contributed by atoms with Crippen LogP contribution in [0.25, 0.3) is 28.2 Å². The summed E-state index contributed by atoms with van der Waals surface area (Å²) in [6, 6.07) is 9.91. The number of likely N-dealkylation sites (N-methyl/N-ethyl adjacent to an activating group) is 1. The van der Waals surface area contributed by atoms with Gasteiger partial charge in [-0.3, -0.25) is 4.40 Å². The summed E-state index contributed by atoms with van der Waals surface area (Å²) < 4.78 is 2.01. The number of piperazine rings is 1. The van der Waals surface area contributed by atoms with Crippen LogP contribution in [0.3, 0.4) is 0 Å². The van der Waals surface area contributed by atoms with E-state index in [-0.39, 0.29) is 0 Å². The molecule has 174 valence electrons. The van der Waals surface area contributed by atoms with Gasteiger partial charge in [0.05, 0.1) is 29.5 Å². The molecular formula is C25H24N10. The average Bonchev–Trinajstić information content (AvgIpc) is 3.34. The number of fused-ring (bicyclic) bond motifs is 1. The summed E-state index contributed by atoms with van der Waals surface area (Å²) in [5, 5.41) is 3.27. The molecule has 1 fully saturated rings. The fourth-order valence-corrected chi connectivity index (χ4v) is 4.16. The van der Waals surface area contributed by atoms with E-state index in [1.165, 1.54) is 6.33 Å². The van der Waals surface area contributed by atoms with Gasteiger partial charge in [0, 0.05) is 62.1 Å². The van der Waals surface area contributed by atoms with Gasteiger partial charge in [0.1, 0.15) is 17.8 Å². The number of nitrogens with zero attached hydrogens (tertiary/aromatic N) is 9. The molecule has 1 N–H and O–H groups in total. The highest BCUT2D eigenvalue weighted by molar-refractivity contribution is 5.67. The van der Waals surface area contributed by atoms with Gasteiger partial charge in [0.15, 0.2) is 0 Å². The van der Waals surface area contributed by atoms with Crippen molar-refractivity contribution in [2.24, 2.45) is 0 Å². The molecule has 6 rings (SSSR count). The number of hydrogen-bond acceptors (Lipinski definition) is 9. The van der Waals surface area contributed by atoms with Gasteiger partial charge in [-0.2, -0.15) is 0 Å². The van der Waals surface area contributed by atoms with E-state index in [2.05, 4.69) is 47.1 Å². The molecule has 6 heterocycles. The molecule has 1 aliphatic heterocycles. The molecule has 0 spiro atoms. The van der Waals surface area contributed by atoms with Crippen molar-refractivity contribution >= 4 is 23.1 Å². The Hall–Kier alpha value is -4.44. The van der Waals surface area contributed by atoms with Crippen LogP contribution < -0.4 is 10.2 Å². The van der Waals surface area contributed by atoms with Crippen LogP contribution in [0.5, 0.6) is 0 Å². The lowest BCUT2D eigenvalue weighted by atomic mass is 10.1. The summed E-state index contributed by atoms with van der Waals surface area (Å²) in [5.41, 5.74) is 5.23. The Balaban J connectivity index is 1.24. The van der Waals surface area contributed by atoms with Crippen molar-refractivity contribution in [2.45, 2.75) is 0 Å². The maximum atomic E-state index is 4.73. The number of anilines is 3. The third-order valence-electron chi connectivity index (χ3n) is 6.15. The highest BCUT2D eigenvalue weighted by atomic mass is 15.3. The lowest BCUT2D eigenvalue weighted by Gasteiger charge is -2.33. The second-order valence-corrected chi connectivity index (χ2v) is 8.50. The lowest BCUT2D eigenvalue weighted by Crippen LogP contribution is -2.44. The zero-order valence-electron chi connectivity index (χ0n) is 19.3. The van der Waals surface area contributed by atoms with Crippen LogP contribution in [0.2, 0.25) is 0 Å². The first-order chi connectivity index (χ1) is 17.2. The molecule has 1 aliphatic rings. The SMILES string of the molecule is CN1CCN(c2ccc(Nc3nccc(-c4cnc5ccc(-c6cncnc6)cn45)n3)cn2)CC1. The van der Waals surface area contributed by atoms with Crippen LogP contribution >= 0.6 is 0 Å². The molecule has 0 atom stereocenters. The third kappa shape index (κ3) is 4.38. The summed E-state index contributed by atoms with van der Waals surface area (Å²) >= 11 is 0. The van der Waals surface area contributed by atoms with E-state index >= 15 is 0 Å². The van der Waals surface area contributed by atoms with Crippen LogP contribution in [-0.4, -0.2) is 72.4 Å². The van der Waals surface area contributed by atoms with Crippen molar-refractivity contribution in [3.63, 3.8) is 0 Å². The molecule has 0 radical (unpaired) electrons. The second-order valence-electron chi connectivity index (χ2n) is 8.50. The smallest absolute Gasteiger partial charge is 0.227 e. The van der Waals surface area contributed by atoms with Crippen LogP contribution in [0, 0.1) is 0 Å². The largest absolute Gasteiger partial charge is 0.354 e. The Labute approximate surface area is 202 Å². The quantitative estimate of drug-likeness (QED) is 0.420. The van der Waals surface area contributed by atoms with Crippen molar-refractivity contribution in [3.8, 4) is 22.5 Å². The third-order valence-corrected chi connectivity index (χ3v) is 6.15. The van der Waals surface area contributed by atoms with E-state index in [0.29, 0.717) is 5.95 Å². The maximum absolute atomic E-state index is 4.73. The van der Waals surface area contributed by atoms with Crippen LogP contribution in [0.4, 0.5) is 17.5 Å². The Kier molecular flexibility index (Phi) is 5.47.